The Morgan fingerprint density at radius 2 is 1.67 bits per heavy atom. The van der Waals surface area contributed by atoms with Crippen LogP contribution >= 0.6 is 0 Å². The second-order valence-corrected chi connectivity index (χ2v) is 14.9. The summed E-state index contributed by atoms with van der Waals surface area (Å²) >= 11 is 0. The number of benzene rings is 2. The van der Waals surface area contributed by atoms with Crippen molar-refractivity contribution in [2.45, 2.75) is 36.1 Å². The van der Waals surface area contributed by atoms with E-state index in [0.717, 1.165) is 25.2 Å². The molecule has 1 N–H and O–H groups in total. The van der Waals surface area contributed by atoms with Crippen LogP contribution in [-0.2, 0) is 20.8 Å². The normalized spacial score (nSPS) is 19.6. The van der Waals surface area contributed by atoms with Gasteiger partial charge in [0.1, 0.15) is 5.65 Å². The maximum Gasteiger partial charge on any atom is 0.260 e. The number of aromatic nitrogens is 3. The summed E-state index contributed by atoms with van der Waals surface area (Å²) in [6.45, 7) is 2.83. The fraction of sp³-hybridized carbons (Fsp3) is 0.387. The number of fused-ring (bicyclic) bond motifs is 1. The van der Waals surface area contributed by atoms with Crippen LogP contribution in [0.1, 0.15) is 36.8 Å². The van der Waals surface area contributed by atoms with Crippen LogP contribution < -0.4 is 10.9 Å². The molecule has 2 aliphatic rings. The first-order valence-corrected chi connectivity index (χ1v) is 17.8. The second-order valence-electron chi connectivity index (χ2n) is 11.6. The minimum absolute atomic E-state index is 0.203. The molecule has 0 saturated carbocycles. The lowest BCUT2D eigenvalue weighted by molar-refractivity contribution is 0.275. The number of nitrogens with zero attached hydrogens (tertiary/aromatic N) is 5. The highest BCUT2D eigenvalue weighted by Gasteiger charge is 2.29. The summed E-state index contributed by atoms with van der Waals surface area (Å²) in [4.78, 5) is 26.5. The van der Waals surface area contributed by atoms with Crippen molar-refractivity contribution >= 4 is 43.5 Å². The Balaban J connectivity index is 1.37. The Bertz CT molecular complexity index is 1830. The molecule has 4 heterocycles. The van der Waals surface area contributed by atoms with E-state index >= 15 is 0 Å². The lowest BCUT2D eigenvalue weighted by atomic mass is 9.98. The molecule has 2 fully saturated rings. The highest BCUT2D eigenvalue weighted by molar-refractivity contribution is 7.88. The fourth-order valence-electron chi connectivity index (χ4n) is 6.16. The molecule has 10 nitrogen and oxygen atoms in total. The monoisotopic (exact) mass is 620 g/mol. The van der Waals surface area contributed by atoms with Gasteiger partial charge in [-0.3, -0.25) is 13.6 Å². The third-order valence-electron chi connectivity index (χ3n) is 8.56. The molecule has 43 heavy (non-hydrogen) atoms. The van der Waals surface area contributed by atoms with E-state index in [2.05, 4.69) is 34.4 Å². The van der Waals surface area contributed by atoms with E-state index in [1.54, 1.807) is 47.4 Å². The Morgan fingerprint density at radius 1 is 0.977 bits per heavy atom. The highest BCUT2D eigenvalue weighted by Crippen LogP contribution is 2.30. The highest BCUT2D eigenvalue weighted by atomic mass is 32.2. The minimum atomic E-state index is -3.32. The van der Waals surface area contributed by atoms with Gasteiger partial charge in [0, 0.05) is 70.5 Å². The Labute approximate surface area is 254 Å². The van der Waals surface area contributed by atoms with E-state index in [1.807, 2.05) is 12.1 Å². The standard InChI is InChI=1S/C31H36N6O4S2/c1-35-15-12-23(20-35)21-4-8-25(9-5-21)33-31-32-19-24-18-28(22-6-10-27(11-7-22)42(2)39)30(38)37(29(24)34-31)26-13-16-36(17-14-26)43(3,40)41/h4-11,18-19,23,26H,12-17,20H2,1-3H3,(H,32,33,34). The van der Waals surface area contributed by atoms with Crippen molar-refractivity contribution in [3.63, 3.8) is 0 Å². The molecule has 2 saturated heterocycles. The molecule has 6 rings (SSSR count). The summed E-state index contributed by atoms with van der Waals surface area (Å²) in [5.74, 6) is 0.916. The summed E-state index contributed by atoms with van der Waals surface area (Å²) in [5, 5.41) is 4.00. The zero-order valence-electron chi connectivity index (χ0n) is 24.6. The number of hydrogen-bond acceptors (Lipinski definition) is 8. The molecule has 4 aromatic rings. The largest absolute Gasteiger partial charge is 0.324 e. The van der Waals surface area contributed by atoms with Crippen LogP contribution in [0.25, 0.3) is 22.2 Å². The van der Waals surface area contributed by atoms with Crippen LogP contribution in [0, 0.1) is 0 Å². The van der Waals surface area contributed by atoms with Gasteiger partial charge >= 0.3 is 0 Å². The smallest absolute Gasteiger partial charge is 0.260 e. The first-order valence-electron chi connectivity index (χ1n) is 14.4. The molecule has 0 amide bonds. The third-order valence-corrected chi connectivity index (χ3v) is 10.8. The van der Waals surface area contributed by atoms with E-state index < -0.39 is 20.8 Å². The van der Waals surface area contributed by atoms with Gasteiger partial charge in [-0.1, -0.05) is 24.3 Å². The molecule has 0 aliphatic carbocycles. The van der Waals surface area contributed by atoms with Crippen molar-refractivity contribution in [2.75, 3.05) is 51.1 Å². The third kappa shape index (κ3) is 6.28. The van der Waals surface area contributed by atoms with Crippen molar-refractivity contribution < 1.29 is 12.6 Å². The summed E-state index contributed by atoms with van der Waals surface area (Å²) in [7, 11) is -2.30. The Kier molecular flexibility index (Phi) is 8.20. The summed E-state index contributed by atoms with van der Waals surface area (Å²) in [5.41, 5.74) is 3.67. The average molecular weight is 621 g/mol. The first kappa shape index (κ1) is 29.6. The SMILES string of the molecule is CN1CCC(c2ccc(Nc3ncc4cc(-c5ccc(S(C)=O)cc5)c(=O)n(C5CCN(S(C)(=O)=O)CC5)c4n3)cc2)C1. The molecule has 2 aliphatic heterocycles. The van der Waals surface area contributed by atoms with E-state index in [0.29, 0.717) is 64.9 Å². The molecule has 0 spiro atoms. The predicted octanol–water partition coefficient (Wildman–Crippen LogP) is 3.96. The second kappa shape index (κ2) is 11.9. The van der Waals surface area contributed by atoms with Gasteiger partial charge < -0.3 is 10.2 Å². The Hall–Kier alpha value is -3.45. The maximum absolute atomic E-state index is 14.1. The van der Waals surface area contributed by atoms with Gasteiger partial charge in [-0.15, -0.1) is 0 Å². The number of likely N-dealkylation sites (tertiary alicyclic amines) is 1. The molecule has 226 valence electrons. The van der Waals surface area contributed by atoms with Crippen LogP contribution in [0.4, 0.5) is 11.6 Å². The van der Waals surface area contributed by atoms with Gasteiger partial charge in [-0.25, -0.2) is 17.7 Å². The van der Waals surface area contributed by atoms with Crippen molar-refractivity contribution in [1.29, 1.82) is 0 Å². The van der Waals surface area contributed by atoms with Crippen LogP contribution in [0.5, 0.6) is 0 Å². The molecular formula is C31H36N6O4S2. The Morgan fingerprint density at radius 3 is 2.28 bits per heavy atom. The van der Waals surface area contributed by atoms with Crippen LogP contribution in [0.2, 0.25) is 0 Å². The summed E-state index contributed by atoms with van der Waals surface area (Å²) in [6, 6.07) is 17.1. The maximum atomic E-state index is 14.1. The molecular weight excluding hydrogens is 585 g/mol. The van der Waals surface area contributed by atoms with Crippen molar-refractivity contribution in [1.82, 2.24) is 23.7 Å². The molecule has 0 radical (unpaired) electrons. The van der Waals surface area contributed by atoms with Gasteiger partial charge in [0.15, 0.2) is 0 Å². The van der Waals surface area contributed by atoms with E-state index in [9.17, 15) is 17.4 Å². The number of pyridine rings is 1. The molecule has 2 aromatic carbocycles. The van der Waals surface area contributed by atoms with Crippen LogP contribution in [-0.4, -0.2) is 82.1 Å². The molecule has 2 atom stereocenters. The van der Waals surface area contributed by atoms with E-state index in [-0.39, 0.29) is 11.6 Å². The zero-order chi connectivity index (χ0) is 30.3. The lowest BCUT2D eigenvalue weighted by Gasteiger charge is -2.32. The number of piperidine rings is 1. The summed E-state index contributed by atoms with van der Waals surface area (Å²) in [6.07, 6.45) is 6.68. The van der Waals surface area contributed by atoms with E-state index in [1.165, 1.54) is 16.1 Å². The van der Waals surface area contributed by atoms with Crippen molar-refractivity contribution in [2.24, 2.45) is 0 Å². The zero-order valence-corrected chi connectivity index (χ0v) is 26.2. The summed E-state index contributed by atoms with van der Waals surface area (Å²) < 4.78 is 39.4. The van der Waals surface area contributed by atoms with Gasteiger partial charge in [0.05, 0.1) is 6.26 Å². The van der Waals surface area contributed by atoms with E-state index in [4.69, 9.17) is 4.98 Å². The molecule has 12 heteroatoms. The quantitative estimate of drug-likeness (QED) is 0.330. The molecule has 2 aromatic heterocycles. The van der Waals surface area contributed by atoms with Gasteiger partial charge in [0.25, 0.3) is 5.56 Å². The topological polar surface area (TPSA) is 117 Å². The molecule has 2 unspecified atom stereocenters. The minimum Gasteiger partial charge on any atom is -0.324 e. The van der Waals surface area contributed by atoms with Gasteiger partial charge in [0.2, 0.25) is 16.0 Å². The lowest BCUT2D eigenvalue weighted by Crippen LogP contribution is -2.40. The average Bonchev–Trinajstić information content (AvgIpc) is 3.43. The number of likely N-dealkylation sites (N-methyl/N-ethyl adjacent to an activating group) is 1. The van der Waals surface area contributed by atoms with Crippen molar-refractivity contribution in [3.05, 3.63) is 76.7 Å². The number of anilines is 2. The molecule has 0 bridgehead atoms. The van der Waals surface area contributed by atoms with Gasteiger partial charge in [-0.05, 0) is 80.2 Å². The number of hydrogen-bond donors (Lipinski definition) is 1. The first-order chi connectivity index (χ1) is 20.6. The number of sulfonamides is 1. The van der Waals surface area contributed by atoms with Crippen molar-refractivity contribution in [3.8, 4) is 11.1 Å². The fourth-order valence-corrected chi connectivity index (χ4v) is 7.55. The van der Waals surface area contributed by atoms with Gasteiger partial charge in [-0.2, -0.15) is 4.98 Å². The van der Waals surface area contributed by atoms with Crippen LogP contribution in [0.3, 0.4) is 0 Å². The number of nitrogens with one attached hydrogen (secondary N) is 1. The number of rotatable bonds is 7. The van der Waals surface area contributed by atoms with Crippen LogP contribution in [0.15, 0.2) is 70.5 Å². The predicted molar refractivity (Wildman–Crippen MR) is 171 cm³/mol.